The number of aliphatic hydroxyl groups is 1. The summed E-state index contributed by atoms with van der Waals surface area (Å²) in [5.41, 5.74) is 0. The first-order chi connectivity index (χ1) is 9.76. The van der Waals surface area contributed by atoms with Gasteiger partial charge in [-0.05, 0) is 99.2 Å². The van der Waals surface area contributed by atoms with E-state index in [1.165, 1.54) is 38.5 Å². The molecule has 0 aromatic rings. The third kappa shape index (κ3) is 2.16. The molecule has 0 radical (unpaired) electrons. The van der Waals surface area contributed by atoms with Crippen LogP contribution >= 0.6 is 0 Å². The van der Waals surface area contributed by atoms with Crippen molar-refractivity contribution in [2.45, 2.75) is 77.2 Å². The Morgan fingerprint density at radius 2 is 1.35 bits per heavy atom. The molecule has 0 bridgehead atoms. The van der Waals surface area contributed by atoms with E-state index < -0.39 is 0 Å². The Hall–Kier alpha value is -0.0400. The SMILES string of the molecule is CCC1CC2CCC3C4CCC(O)CC4CCC3C2C1. The summed E-state index contributed by atoms with van der Waals surface area (Å²) in [5, 5.41) is 9.96. The van der Waals surface area contributed by atoms with Gasteiger partial charge in [0.15, 0.2) is 0 Å². The number of fused-ring (bicyclic) bond motifs is 5. The van der Waals surface area contributed by atoms with Gasteiger partial charge in [-0.25, -0.2) is 0 Å². The molecule has 20 heavy (non-hydrogen) atoms. The normalized spacial score (nSPS) is 54.9. The summed E-state index contributed by atoms with van der Waals surface area (Å²) < 4.78 is 0. The van der Waals surface area contributed by atoms with E-state index in [9.17, 15) is 5.11 Å². The van der Waals surface area contributed by atoms with Crippen LogP contribution in [-0.2, 0) is 0 Å². The molecule has 1 nitrogen and oxygen atoms in total. The third-order valence-corrected chi connectivity index (χ3v) is 7.83. The highest BCUT2D eigenvalue weighted by atomic mass is 16.3. The van der Waals surface area contributed by atoms with Crippen LogP contribution in [0.1, 0.15) is 71.1 Å². The fourth-order valence-electron chi connectivity index (χ4n) is 6.93. The van der Waals surface area contributed by atoms with Gasteiger partial charge >= 0.3 is 0 Å². The number of aliphatic hydroxyl groups excluding tert-OH is 1. The average Bonchev–Trinajstić information content (AvgIpc) is 2.89. The van der Waals surface area contributed by atoms with Crippen molar-refractivity contribution in [2.75, 3.05) is 0 Å². The van der Waals surface area contributed by atoms with Crippen molar-refractivity contribution in [3.8, 4) is 0 Å². The van der Waals surface area contributed by atoms with Crippen LogP contribution < -0.4 is 0 Å². The smallest absolute Gasteiger partial charge is 0.0543 e. The fourth-order valence-corrected chi connectivity index (χ4v) is 6.93. The van der Waals surface area contributed by atoms with Crippen molar-refractivity contribution in [3.63, 3.8) is 0 Å². The number of rotatable bonds is 1. The Labute approximate surface area is 124 Å². The van der Waals surface area contributed by atoms with E-state index in [1.807, 2.05) is 0 Å². The molecule has 8 unspecified atom stereocenters. The third-order valence-electron chi connectivity index (χ3n) is 7.83. The second-order valence-electron chi connectivity index (χ2n) is 8.54. The molecule has 0 heterocycles. The van der Waals surface area contributed by atoms with Gasteiger partial charge in [0.2, 0.25) is 0 Å². The molecule has 4 fully saturated rings. The van der Waals surface area contributed by atoms with Gasteiger partial charge < -0.3 is 5.11 Å². The van der Waals surface area contributed by atoms with Crippen LogP contribution in [0.25, 0.3) is 0 Å². The zero-order valence-electron chi connectivity index (χ0n) is 13.1. The molecule has 4 rings (SSSR count). The van der Waals surface area contributed by atoms with Gasteiger partial charge in [0.05, 0.1) is 6.10 Å². The minimum Gasteiger partial charge on any atom is -0.393 e. The van der Waals surface area contributed by atoms with Crippen LogP contribution in [-0.4, -0.2) is 11.2 Å². The van der Waals surface area contributed by atoms with Gasteiger partial charge in [0.25, 0.3) is 0 Å². The van der Waals surface area contributed by atoms with Gasteiger partial charge in [-0.2, -0.15) is 0 Å². The van der Waals surface area contributed by atoms with Crippen molar-refractivity contribution in [1.29, 1.82) is 0 Å². The Morgan fingerprint density at radius 1 is 0.700 bits per heavy atom. The van der Waals surface area contributed by atoms with Gasteiger partial charge in [0.1, 0.15) is 0 Å². The maximum absolute atomic E-state index is 9.96. The first-order valence-electron chi connectivity index (χ1n) is 9.44. The lowest BCUT2D eigenvalue weighted by Crippen LogP contribution is -2.45. The Kier molecular flexibility index (Phi) is 3.61. The predicted octanol–water partition coefficient (Wildman–Crippen LogP) is 4.64. The van der Waals surface area contributed by atoms with E-state index >= 15 is 0 Å². The van der Waals surface area contributed by atoms with Crippen molar-refractivity contribution < 1.29 is 5.11 Å². The second-order valence-corrected chi connectivity index (χ2v) is 8.54. The van der Waals surface area contributed by atoms with E-state index in [-0.39, 0.29) is 6.10 Å². The summed E-state index contributed by atoms with van der Waals surface area (Å²) in [5.74, 6) is 7.20. The minimum absolute atomic E-state index is 0.0279. The molecule has 1 heteroatoms. The average molecular weight is 276 g/mol. The molecule has 4 aliphatic rings. The molecule has 0 aromatic heterocycles. The molecular weight excluding hydrogens is 244 g/mol. The van der Waals surface area contributed by atoms with Crippen LogP contribution in [0.4, 0.5) is 0 Å². The Balaban J connectivity index is 1.50. The number of hydrogen-bond donors (Lipinski definition) is 1. The van der Waals surface area contributed by atoms with Gasteiger partial charge in [-0.1, -0.05) is 13.3 Å². The molecule has 4 aliphatic carbocycles. The van der Waals surface area contributed by atoms with Crippen molar-refractivity contribution in [3.05, 3.63) is 0 Å². The lowest BCUT2D eigenvalue weighted by atomic mass is 9.53. The van der Waals surface area contributed by atoms with Gasteiger partial charge in [-0.15, -0.1) is 0 Å². The summed E-state index contributed by atoms with van der Waals surface area (Å²) >= 11 is 0. The predicted molar refractivity (Wildman–Crippen MR) is 82.3 cm³/mol. The topological polar surface area (TPSA) is 20.2 Å². The van der Waals surface area contributed by atoms with E-state index in [4.69, 9.17) is 0 Å². The lowest BCUT2D eigenvalue weighted by molar-refractivity contribution is -0.0458. The molecule has 0 aromatic carbocycles. The molecule has 1 N–H and O–H groups in total. The molecule has 0 saturated heterocycles. The van der Waals surface area contributed by atoms with Crippen LogP contribution in [0.5, 0.6) is 0 Å². The quantitative estimate of drug-likeness (QED) is 0.740. The molecule has 0 amide bonds. The maximum Gasteiger partial charge on any atom is 0.0543 e. The fraction of sp³-hybridized carbons (Fsp3) is 1.00. The Morgan fingerprint density at radius 3 is 2.10 bits per heavy atom. The van der Waals surface area contributed by atoms with Crippen LogP contribution in [0.15, 0.2) is 0 Å². The van der Waals surface area contributed by atoms with Crippen molar-refractivity contribution in [2.24, 2.45) is 41.4 Å². The molecular formula is C19H32O. The largest absolute Gasteiger partial charge is 0.393 e. The lowest BCUT2D eigenvalue weighted by Gasteiger charge is -2.52. The summed E-state index contributed by atoms with van der Waals surface area (Å²) in [6.45, 7) is 2.40. The van der Waals surface area contributed by atoms with Gasteiger partial charge in [-0.3, -0.25) is 0 Å². The van der Waals surface area contributed by atoms with Crippen LogP contribution in [0.2, 0.25) is 0 Å². The first-order valence-corrected chi connectivity index (χ1v) is 9.44. The minimum atomic E-state index is 0.0279. The van der Waals surface area contributed by atoms with Crippen molar-refractivity contribution >= 4 is 0 Å². The standard InChI is InChI=1S/C19H32O/c1-2-12-9-13-3-6-17-16-8-5-15(20)11-14(16)4-7-18(17)19(13)10-12/h12-20H,2-11H2,1H3. The highest BCUT2D eigenvalue weighted by molar-refractivity contribution is 5.00. The molecule has 0 aliphatic heterocycles. The van der Waals surface area contributed by atoms with E-state index in [2.05, 4.69) is 6.92 Å². The summed E-state index contributed by atoms with van der Waals surface area (Å²) in [7, 11) is 0. The van der Waals surface area contributed by atoms with Gasteiger partial charge in [0, 0.05) is 0 Å². The highest BCUT2D eigenvalue weighted by Gasteiger charge is 2.50. The van der Waals surface area contributed by atoms with E-state index in [0.29, 0.717) is 0 Å². The monoisotopic (exact) mass is 276 g/mol. The zero-order chi connectivity index (χ0) is 13.7. The van der Waals surface area contributed by atoms with Crippen molar-refractivity contribution in [1.82, 2.24) is 0 Å². The maximum atomic E-state index is 9.96. The molecule has 4 saturated carbocycles. The highest BCUT2D eigenvalue weighted by Crippen LogP contribution is 2.59. The van der Waals surface area contributed by atoms with E-state index in [0.717, 1.165) is 54.3 Å². The van der Waals surface area contributed by atoms with E-state index in [1.54, 1.807) is 12.8 Å². The summed E-state index contributed by atoms with van der Waals surface area (Å²) in [6, 6.07) is 0. The Bertz CT molecular complexity index is 350. The second kappa shape index (κ2) is 5.30. The first kappa shape index (κ1) is 13.6. The molecule has 114 valence electrons. The zero-order valence-corrected chi connectivity index (χ0v) is 13.1. The molecule has 0 spiro atoms. The number of hydrogen-bond acceptors (Lipinski definition) is 1. The van der Waals surface area contributed by atoms with Crippen LogP contribution in [0.3, 0.4) is 0 Å². The van der Waals surface area contributed by atoms with Crippen LogP contribution in [0, 0.1) is 41.4 Å². The molecule has 8 atom stereocenters. The summed E-state index contributed by atoms with van der Waals surface area (Å²) in [6.07, 6.45) is 14.1. The summed E-state index contributed by atoms with van der Waals surface area (Å²) in [4.78, 5) is 0.